The maximum Gasteiger partial charge on any atom is 0.118 e. The summed E-state index contributed by atoms with van der Waals surface area (Å²) in [6.45, 7) is 5.99. The molecule has 1 aromatic carbocycles. The van der Waals surface area contributed by atoms with Gasteiger partial charge in [0.2, 0.25) is 0 Å². The number of rotatable bonds is 6. The standard InChI is InChI=1S/C15H25N3O2/c1-3-8-18-9-10-20-14(11-18)15(17-16)12-4-6-13(19-2)7-5-12/h4-7,14-15,17H,3,8-11,16H2,1-2H3. The molecule has 5 nitrogen and oxygen atoms in total. The van der Waals surface area contributed by atoms with Gasteiger partial charge in [-0.25, -0.2) is 0 Å². The highest BCUT2D eigenvalue weighted by Gasteiger charge is 2.28. The van der Waals surface area contributed by atoms with Crippen LogP contribution in [0, 0.1) is 0 Å². The lowest BCUT2D eigenvalue weighted by molar-refractivity contribution is -0.0471. The summed E-state index contributed by atoms with van der Waals surface area (Å²) in [7, 11) is 1.67. The third-order valence-electron chi connectivity index (χ3n) is 3.74. The maximum atomic E-state index is 5.90. The van der Waals surface area contributed by atoms with Crippen molar-refractivity contribution in [3.63, 3.8) is 0 Å². The van der Waals surface area contributed by atoms with Crippen LogP contribution in [0.2, 0.25) is 0 Å². The molecule has 0 aromatic heterocycles. The van der Waals surface area contributed by atoms with Crippen molar-refractivity contribution in [3.8, 4) is 5.75 Å². The Hall–Kier alpha value is -1.14. The van der Waals surface area contributed by atoms with E-state index in [1.807, 2.05) is 24.3 Å². The summed E-state index contributed by atoms with van der Waals surface area (Å²) in [6.07, 6.45) is 1.24. The van der Waals surface area contributed by atoms with Crippen LogP contribution in [0.25, 0.3) is 0 Å². The summed E-state index contributed by atoms with van der Waals surface area (Å²) >= 11 is 0. The van der Waals surface area contributed by atoms with E-state index in [2.05, 4.69) is 17.2 Å². The predicted molar refractivity (Wildman–Crippen MR) is 79.5 cm³/mol. The van der Waals surface area contributed by atoms with Gasteiger partial charge in [0.05, 0.1) is 25.9 Å². The highest BCUT2D eigenvalue weighted by Crippen LogP contribution is 2.24. The Morgan fingerprint density at radius 3 is 2.80 bits per heavy atom. The van der Waals surface area contributed by atoms with Gasteiger partial charge < -0.3 is 9.47 Å². The highest BCUT2D eigenvalue weighted by molar-refractivity contribution is 5.29. The SMILES string of the molecule is CCCN1CCOC(C(NN)c2ccc(OC)cc2)C1. The molecule has 0 aliphatic carbocycles. The molecule has 1 aromatic rings. The first-order valence-electron chi connectivity index (χ1n) is 7.22. The fourth-order valence-corrected chi connectivity index (χ4v) is 2.68. The Morgan fingerprint density at radius 1 is 1.45 bits per heavy atom. The second-order valence-electron chi connectivity index (χ2n) is 5.13. The van der Waals surface area contributed by atoms with E-state index in [1.54, 1.807) is 7.11 Å². The topological polar surface area (TPSA) is 59.8 Å². The lowest BCUT2D eigenvalue weighted by Gasteiger charge is -2.36. The van der Waals surface area contributed by atoms with Crippen LogP contribution in [-0.4, -0.2) is 44.4 Å². The Kier molecular flexibility index (Phi) is 5.79. The lowest BCUT2D eigenvalue weighted by atomic mass is 10.0. The minimum absolute atomic E-state index is 0.000521. The normalized spacial score (nSPS) is 21.6. The van der Waals surface area contributed by atoms with Gasteiger partial charge in [0.1, 0.15) is 5.75 Å². The first kappa shape index (κ1) is 15.3. The highest BCUT2D eigenvalue weighted by atomic mass is 16.5. The number of morpholine rings is 1. The molecular formula is C15H25N3O2. The first-order chi connectivity index (χ1) is 9.78. The number of hydrogen-bond donors (Lipinski definition) is 2. The molecule has 0 radical (unpaired) electrons. The van der Waals surface area contributed by atoms with Crippen molar-refractivity contribution >= 4 is 0 Å². The van der Waals surface area contributed by atoms with Crippen LogP contribution in [0.5, 0.6) is 5.75 Å². The molecule has 2 unspecified atom stereocenters. The molecule has 20 heavy (non-hydrogen) atoms. The molecule has 112 valence electrons. The molecule has 1 fully saturated rings. The van der Waals surface area contributed by atoms with E-state index in [4.69, 9.17) is 15.3 Å². The van der Waals surface area contributed by atoms with Crippen LogP contribution in [-0.2, 0) is 4.74 Å². The fraction of sp³-hybridized carbons (Fsp3) is 0.600. The average Bonchev–Trinajstić information content (AvgIpc) is 2.49. The molecule has 0 amide bonds. The number of nitrogens with two attached hydrogens (primary N) is 1. The van der Waals surface area contributed by atoms with Crippen molar-refractivity contribution in [2.75, 3.05) is 33.4 Å². The number of hydrazine groups is 1. The Bertz CT molecular complexity index is 395. The van der Waals surface area contributed by atoms with Crippen molar-refractivity contribution in [1.29, 1.82) is 0 Å². The van der Waals surface area contributed by atoms with E-state index < -0.39 is 0 Å². The Labute approximate surface area is 121 Å². The van der Waals surface area contributed by atoms with Gasteiger partial charge in [-0.05, 0) is 30.7 Å². The quantitative estimate of drug-likeness (QED) is 0.607. The van der Waals surface area contributed by atoms with Gasteiger partial charge in [-0.2, -0.15) is 0 Å². The van der Waals surface area contributed by atoms with Crippen molar-refractivity contribution in [2.45, 2.75) is 25.5 Å². The van der Waals surface area contributed by atoms with Crippen LogP contribution in [0.15, 0.2) is 24.3 Å². The number of nitrogens with zero attached hydrogens (tertiary/aromatic N) is 1. The smallest absolute Gasteiger partial charge is 0.118 e. The van der Waals surface area contributed by atoms with E-state index in [-0.39, 0.29) is 12.1 Å². The molecule has 3 N–H and O–H groups in total. The van der Waals surface area contributed by atoms with E-state index in [9.17, 15) is 0 Å². The lowest BCUT2D eigenvalue weighted by Crippen LogP contribution is -2.49. The molecule has 1 aliphatic rings. The van der Waals surface area contributed by atoms with Crippen LogP contribution >= 0.6 is 0 Å². The van der Waals surface area contributed by atoms with E-state index in [0.29, 0.717) is 0 Å². The van der Waals surface area contributed by atoms with Gasteiger partial charge in [-0.1, -0.05) is 19.1 Å². The van der Waals surface area contributed by atoms with Crippen molar-refractivity contribution < 1.29 is 9.47 Å². The summed E-state index contributed by atoms with van der Waals surface area (Å²) in [6, 6.07) is 7.97. The van der Waals surface area contributed by atoms with Gasteiger partial charge in [0.25, 0.3) is 0 Å². The number of methoxy groups -OCH3 is 1. The minimum Gasteiger partial charge on any atom is -0.497 e. The molecule has 2 atom stereocenters. The number of hydrogen-bond acceptors (Lipinski definition) is 5. The van der Waals surface area contributed by atoms with Crippen molar-refractivity contribution in [1.82, 2.24) is 10.3 Å². The van der Waals surface area contributed by atoms with Crippen LogP contribution in [0.3, 0.4) is 0 Å². The van der Waals surface area contributed by atoms with Gasteiger partial charge >= 0.3 is 0 Å². The second-order valence-corrected chi connectivity index (χ2v) is 5.13. The average molecular weight is 279 g/mol. The van der Waals surface area contributed by atoms with Gasteiger partial charge in [-0.3, -0.25) is 16.2 Å². The Morgan fingerprint density at radius 2 is 2.20 bits per heavy atom. The maximum absolute atomic E-state index is 5.90. The third-order valence-corrected chi connectivity index (χ3v) is 3.74. The van der Waals surface area contributed by atoms with E-state index in [1.165, 1.54) is 0 Å². The molecule has 2 rings (SSSR count). The molecular weight excluding hydrogens is 254 g/mol. The summed E-state index contributed by atoms with van der Waals surface area (Å²) in [5.74, 6) is 6.59. The van der Waals surface area contributed by atoms with Crippen molar-refractivity contribution in [3.05, 3.63) is 29.8 Å². The summed E-state index contributed by atoms with van der Waals surface area (Å²) in [5, 5.41) is 0. The largest absolute Gasteiger partial charge is 0.497 e. The predicted octanol–water partition coefficient (Wildman–Crippen LogP) is 1.31. The minimum atomic E-state index is 0.000521. The van der Waals surface area contributed by atoms with Gasteiger partial charge in [-0.15, -0.1) is 0 Å². The zero-order chi connectivity index (χ0) is 14.4. The third kappa shape index (κ3) is 3.70. The molecule has 0 saturated carbocycles. The fourth-order valence-electron chi connectivity index (χ4n) is 2.68. The molecule has 1 saturated heterocycles. The second kappa shape index (κ2) is 7.59. The van der Waals surface area contributed by atoms with E-state index in [0.717, 1.165) is 44.0 Å². The summed E-state index contributed by atoms with van der Waals surface area (Å²) in [5.41, 5.74) is 4.02. The van der Waals surface area contributed by atoms with E-state index >= 15 is 0 Å². The number of benzene rings is 1. The Balaban J connectivity index is 2.06. The number of nitrogens with one attached hydrogen (secondary N) is 1. The number of ether oxygens (including phenoxy) is 2. The van der Waals surface area contributed by atoms with Gasteiger partial charge in [0.15, 0.2) is 0 Å². The van der Waals surface area contributed by atoms with Crippen LogP contribution in [0.1, 0.15) is 24.9 Å². The molecule has 5 heteroatoms. The van der Waals surface area contributed by atoms with Crippen LogP contribution < -0.4 is 16.0 Å². The zero-order valence-electron chi connectivity index (χ0n) is 12.3. The molecule has 0 bridgehead atoms. The summed E-state index contributed by atoms with van der Waals surface area (Å²) in [4.78, 5) is 2.43. The monoisotopic (exact) mass is 279 g/mol. The molecule has 1 aliphatic heterocycles. The molecule has 0 spiro atoms. The summed E-state index contributed by atoms with van der Waals surface area (Å²) < 4.78 is 11.1. The van der Waals surface area contributed by atoms with Crippen LogP contribution in [0.4, 0.5) is 0 Å². The molecule has 1 heterocycles. The van der Waals surface area contributed by atoms with Gasteiger partial charge in [0, 0.05) is 13.1 Å². The first-order valence-corrected chi connectivity index (χ1v) is 7.22. The van der Waals surface area contributed by atoms with Crippen molar-refractivity contribution in [2.24, 2.45) is 5.84 Å². The zero-order valence-corrected chi connectivity index (χ0v) is 12.3.